The molecular formula is C20H30ClN5O3. The molecule has 0 aromatic heterocycles. The van der Waals surface area contributed by atoms with Gasteiger partial charge in [0.15, 0.2) is 0 Å². The lowest BCUT2D eigenvalue weighted by Crippen LogP contribution is -2.45. The van der Waals surface area contributed by atoms with E-state index in [9.17, 15) is 14.4 Å². The quantitative estimate of drug-likeness (QED) is 0.441. The van der Waals surface area contributed by atoms with Crippen LogP contribution in [0.5, 0.6) is 0 Å². The molecule has 1 aromatic carbocycles. The third kappa shape index (κ3) is 5.46. The van der Waals surface area contributed by atoms with Crippen LogP contribution in [-0.2, 0) is 15.1 Å². The highest BCUT2D eigenvalue weighted by molar-refractivity contribution is 6.09. The van der Waals surface area contributed by atoms with Crippen LogP contribution in [0.15, 0.2) is 24.3 Å². The number of amides is 4. The van der Waals surface area contributed by atoms with Crippen molar-refractivity contribution in [1.29, 1.82) is 0 Å². The number of carbonyl (C=O) groups is 3. The Balaban J connectivity index is 0.00000300. The molecular weight excluding hydrogens is 394 g/mol. The lowest BCUT2D eigenvalue weighted by molar-refractivity contribution is -0.134. The van der Waals surface area contributed by atoms with Crippen LogP contribution in [0, 0.1) is 6.92 Å². The zero-order valence-electron chi connectivity index (χ0n) is 17.0. The Morgan fingerprint density at radius 2 is 1.83 bits per heavy atom. The number of urea groups is 1. The molecule has 0 aliphatic carbocycles. The average molecular weight is 424 g/mol. The van der Waals surface area contributed by atoms with Gasteiger partial charge in [0.2, 0.25) is 5.91 Å². The van der Waals surface area contributed by atoms with E-state index in [-0.39, 0.29) is 24.9 Å². The Labute approximate surface area is 177 Å². The molecule has 0 bridgehead atoms. The maximum Gasteiger partial charge on any atom is 0.325 e. The van der Waals surface area contributed by atoms with E-state index in [2.05, 4.69) is 20.9 Å². The molecule has 29 heavy (non-hydrogen) atoms. The summed E-state index contributed by atoms with van der Waals surface area (Å²) >= 11 is 0. The molecule has 1 aromatic rings. The van der Waals surface area contributed by atoms with Crippen molar-refractivity contribution < 1.29 is 14.4 Å². The largest absolute Gasteiger partial charge is 0.354 e. The van der Waals surface area contributed by atoms with Gasteiger partial charge in [-0.25, -0.2) is 4.79 Å². The molecule has 0 saturated carbocycles. The minimum Gasteiger partial charge on any atom is -0.354 e. The normalized spacial score (nSPS) is 22.2. The first-order chi connectivity index (χ1) is 13.4. The summed E-state index contributed by atoms with van der Waals surface area (Å²) in [4.78, 5) is 40.7. The first-order valence-electron chi connectivity index (χ1n) is 9.81. The van der Waals surface area contributed by atoms with Gasteiger partial charge in [0.05, 0.1) is 0 Å². The topological polar surface area (TPSA) is 93.8 Å². The van der Waals surface area contributed by atoms with Crippen molar-refractivity contribution in [3.8, 4) is 0 Å². The Morgan fingerprint density at radius 1 is 1.17 bits per heavy atom. The molecule has 2 aliphatic rings. The van der Waals surface area contributed by atoms with Gasteiger partial charge in [-0.2, -0.15) is 0 Å². The number of hydrogen-bond acceptors (Lipinski definition) is 5. The predicted octanol–water partition coefficient (Wildman–Crippen LogP) is 0.595. The summed E-state index contributed by atoms with van der Waals surface area (Å²) in [5.41, 5.74) is 0.629. The lowest BCUT2D eigenvalue weighted by Gasteiger charge is -2.27. The highest BCUT2D eigenvalue weighted by Crippen LogP contribution is 2.28. The average Bonchev–Trinajstić information content (AvgIpc) is 2.90. The van der Waals surface area contributed by atoms with Crippen LogP contribution in [0.1, 0.15) is 24.5 Å². The van der Waals surface area contributed by atoms with Crippen molar-refractivity contribution in [2.24, 2.45) is 0 Å². The number of halogens is 1. The van der Waals surface area contributed by atoms with Crippen LogP contribution in [0.2, 0.25) is 0 Å². The molecule has 3 rings (SSSR count). The second kappa shape index (κ2) is 10.0. The van der Waals surface area contributed by atoms with Crippen LogP contribution in [0.25, 0.3) is 0 Å². The lowest BCUT2D eigenvalue weighted by atomic mass is 9.91. The van der Waals surface area contributed by atoms with Gasteiger partial charge in [0, 0.05) is 32.7 Å². The van der Waals surface area contributed by atoms with E-state index in [0.717, 1.165) is 49.6 Å². The molecule has 8 nitrogen and oxygen atoms in total. The fourth-order valence-corrected chi connectivity index (χ4v) is 3.59. The second-order valence-corrected chi connectivity index (χ2v) is 7.61. The highest BCUT2D eigenvalue weighted by atomic mass is 35.5. The first-order valence-corrected chi connectivity index (χ1v) is 9.81. The Morgan fingerprint density at radius 3 is 2.48 bits per heavy atom. The van der Waals surface area contributed by atoms with Crippen molar-refractivity contribution in [3.63, 3.8) is 0 Å². The number of imide groups is 1. The molecule has 4 amide bonds. The minimum atomic E-state index is -1.15. The summed E-state index contributed by atoms with van der Waals surface area (Å²) in [5, 5.41) is 8.84. The molecule has 3 N–H and O–H groups in total. The van der Waals surface area contributed by atoms with Crippen molar-refractivity contribution >= 4 is 30.3 Å². The molecule has 2 fully saturated rings. The number of piperazine rings is 1. The fraction of sp³-hybridized carbons (Fsp3) is 0.550. The van der Waals surface area contributed by atoms with Gasteiger partial charge in [-0.15, -0.1) is 12.4 Å². The SMILES string of the molecule is Cc1ccc(C2(C)NC(=O)N(CC(=O)NCCCN3CCNCC3)C2=O)cc1.Cl. The number of nitrogens with zero attached hydrogens (tertiary/aromatic N) is 2. The van der Waals surface area contributed by atoms with Crippen LogP contribution in [0.3, 0.4) is 0 Å². The highest BCUT2D eigenvalue weighted by Gasteiger charge is 2.49. The van der Waals surface area contributed by atoms with Crippen LogP contribution >= 0.6 is 12.4 Å². The molecule has 0 spiro atoms. The molecule has 1 unspecified atom stereocenters. The number of aryl methyl sites for hydroxylation is 1. The second-order valence-electron chi connectivity index (χ2n) is 7.61. The summed E-state index contributed by atoms with van der Waals surface area (Å²) < 4.78 is 0. The fourth-order valence-electron chi connectivity index (χ4n) is 3.59. The van der Waals surface area contributed by atoms with E-state index in [1.165, 1.54) is 0 Å². The van der Waals surface area contributed by atoms with E-state index >= 15 is 0 Å². The molecule has 9 heteroatoms. The maximum absolute atomic E-state index is 12.8. The Hall–Kier alpha value is -2.16. The Bertz CT molecular complexity index is 736. The maximum atomic E-state index is 12.8. The molecule has 0 radical (unpaired) electrons. The number of rotatable bonds is 7. The summed E-state index contributed by atoms with van der Waals surface area (Å²) in [6.07, 6.45) is 0.840. The summed E-state index contributed by atoms with van der Waals surface area (Å²) in [6, 6.07) is 6.91. The van der Waals surface area contributed by atoms with Gasteiger partial charge in [0.25, 0.3) is 5.91 Å². The van der Waals surface area contributed by atoms with Gasteiger partial charge in [-0.1, -0.05) is 29.8 Å². The molecule has 160 valence electrons. The third-order valence-corrected chi connectivity index (χ3v) is 5.39. The number of carbonyl (C=O) groups excluding carboxylic acids is 3. The molecule has 2 aliphatic heterocycles. The number of benzene rings is 1. The third-order valence-electron chi connectivity index (χ3n) is 5.39. The van der Waals surface area contributed by atoms with Crippen molar-refractivity contribution in [2.45, 2.75) is 25.8 Å². The molecule has 1 atom stereocenters. The van der Waals surface area contributed by atoms with Crippen LogP contribution in [-0.4, -0.2) is 73.5 Å². The summed E-state index contributed by atoms with van der Waals surface area (Å²) in [5.74, 6) is -0.728. The van der Waals surface area contributed by atoms with Crippen molar-refractivity contribution in [3.05, 3.63) is 35.4 Å². The number of hydrogen-bond donors (Lipinski definition) is 3. The predicted molar refractivity (Wildman–Crippen MR) is 113 cm³/mol. The van der Waals surface area contributed by atoms with Crippen molar-refractivity contribution in [1.82, 2.24) is 25.8 Å². The van der Waals surface area contributed by atoms with E-state index in [1.807, 2.05) is 31.2 Å². The first kappa shape index (κ1) is 23.1. The van der Waals surface area contributed by atoms with Crippen LogP contribution < -0.4 is 16.0 Å². The molecule has 2 heterocycles. The molecule has 2 saturated heterocycles. The van der Waals surface area contributed by atoms with Crippen molar-refractivity contribution in [2.75, 3.05) is 45.8 Å². The number of nitrogens with one attached hydrogen (secondary N) is 3. The van der Waals surface area contributed by atoms with Gasteiger partial charge in [-0.3, -0.25) is 14.5 Å². The Kier molecular flexibility index (Phi) is 8.01. The summed E-state index contributed by atoms with van der Waals surface area (Å²) in [7, 11) is 0. The standard InChI is InChI=1S/C20H29N5O3.ClH/c1-15-4-6-16(7-5-15)20(2)18(27)25(19(28)23-20)14-17(26)22-8-3-11-24-12-9-21-10-13-24;/h4-7,21H,3,8-14H2,1-2H3,(H,22,26)(H,23,28);1H. The van der Waals surface area contributed by atoms with Gasteiger partial charge in [0.1, 0.15) is 12.1 Å². The monoisotopic (exact) mass is 423 g/mol. The van der Waals surface area contributed by atoms with E-state index in [0.29, 0.717) is 12.1 Å². The van der Waals surface area contributed by atoms with Gasteiger partial charge in [-0.05, 0) is 32.4 Å². The minimum absolute atomic E-state index is 0. The summed E-state index contributed by atoms with van der Waals surface area (Å²) in [6.45, 7) is 8.86. The van der Waals surface area contributed by atoms with Gasteiger partial charge >= 0.3 is 6.03 Å². The zero-order valence-corrected chi connectivity index (χ0v) is 17.8. The van der Waals surface area contributed by atoms with E-state index in [1.54, 1.807) is 6.92 Å². The van der Waals surface area contributed by atoms with Crippen LogP contribution in [0.4, 0.5) is 4.79 Å². The van der Waals surface area contributed by atoms with E-state index < -0.39 is 17.5 Å². The van der Waals surface area contributed by atoms with Gasteiger partial charge < -0.3 is 20.9 Å². The van der Waals surface area contributed by atoms with E-state index in [4.69, 9.17) is 0 Å². The zero-order chi connectivity index (χ0) is 20.1. The smallest absolute Gasteiger partial charge is 0.325 e.